The molecule has 0 aromatic carbocycles. The molecule has 0 aliphatic carbocycles. The zero-order valence-electron chi connectivity index (χ0n) is 7.26. The lowest BCUT2D eigenvalue weighted by molar-refractivity contribution is -0.143. The van der Waals surface area contributed by atoms with Crippen LogP contribution in [0.3, 0.4) is 0 Å². The van der Waals surface area contributed by atoms with Gasteiger partial charge in [-0.1, -0.05) is 23.2 Å². The first-order chi connectivity index (χ1) is 6.56. The van der Waals surface area contributed by atoms with E-state index in [2.05, 4.69) is 20.9 Å². The topological polar surface area (TPSA) is 44.1 Å². The van der Waals surface area contributed by atoms with E-state index in [1.54, 1.807) is 6.92 Å². The van der Waals surface area contributed by atoms with Gasteiger partial charge in [0.2, 0.25) is 0 Å². The molecule has 1 aromatic rings. The van der Waals surface area contributed by atoms with E-state index in [-0.39, 0.29) is 22.8 Å². The summed E-state index contributed by atoms with van der Waals surface area (Å²) >= 11 is 14.6. The zero-order chi connectivity index (χ0) is 10.7. The minimum atomic E-state index is -0.385. The molecule has 0 fully saturated rings. The van der Waals surface area contributed by atoms with Crippen LogP contribution in [0.5, 0.6) is 0 Å². The highest BCUT2D eigenvalue weighted by atomic mass is 79.9. The fourth-order valence-electron chi connectivity index (χ4n) is 0.850. The normalized spacial score (nSPS) is 10.3. The van der Waals surface area contributed by atoms with Gasteiger partial charge in [0.15, 0.2) is 9.89 Å². The Kier molecular flexibility index (Phi) is 4.22. The molecule has 78 valence electrons. The number of carbonyl (C=O) groups excluding carboxylic acids is 1. The minimum Gasteiger partial charge on any atom is -0.465 e. The molecule has 4 nitrogen and oxygen atoms in total. The third kappa shape index (κ3) is 2.62. The Labute approximate surface area is 99.3 Å². The van der Waals surface area contributed by atoms with Crippen LogP contribution in [-0.4, -0.2) is 22.1 Å². The fraction of sp³-hybridized carbons (Fsp3) is 0.429. The maximum absolute atomic E-state index is 11.1. The molecule has 0 amide bonds. The fourth-order valence-corrected chi connectivity index (χ4v) is 1.90. The lowest BCUT2D eigenvalue weighted by atomic mass is 10.6. The van der Waals surface area contributed by atoms with Gasteiger partial charge in [-0.25, -0.2) is 4.98 Å². The van der Waals surface area contributed by atoms with Crippen molar-refractivity contribution in [1.82, 2.24) is 9.55 Å². The van der Waals surface area contributed by atoms with Gasteiger partial charge in [-0.05, 0) is 22.9 Å². The molecule has 0 radical (unpaired) electrons. The summed E-state index contributed by atoms with van der Waals surface area (Å²) in [7, 11) is 0. The monoisotopic (exact) mass is 300 g/mol. The molecule has 0 unspecified atom stereocenters. The third-order valence-electron chi connectivity index (χ3n) is 1.41. The van der Waals surface area contributed by atoms with Gasteiger partial charge in [0.05, 0.1) is 6.61 Å². The van der Waals surface area contributed by atoms with Crippen molar-refractivity contribution in [2.45, 2.75) is 13.5 Å². The second kappa shape index (κ2) is 5.00. The van der Waals surface area contributed by atoms with Crippen LogP contribution in [-0.2, 0) is 16.1 Å². The van der Waals surface area contributed by atoms with E-state index in [9.17, 15) is 4.79 Å². The molecule has 0 bridgehead atoms. The smallest absolute Gasteiger partial charge is 0.326 e. The summed E-state index contributed by atoms with van der Waals surface area (Å²) in [5.74, 6) is -0.385. The number of aromatic nitrogens is 2. The second-order valence-electron chi connectivity index (χ2n) is 2.35. The average molecular weight is 302 g/mol. The molecule has 7 heteroatoms. The summed E-state index contributed by atoms with van der Waals surface area (Å²) in [4.78, 5) is 15.0. The van der Waals surface area contributed by atoms with Gasteiger partial charge in [-0.3, -0.25) is 9.36 Å². The Bertz CT molecular complexity index is 354. The van der Waals surface area contributed by atoms with Crippen molar-refractivity contribution in [3.63, 3.8) is 0 Å². The quantitative estimate of drug-likeness (QED) is 0.806. The number of rotatable bonds is 3. The van der Waals surface area contributed by atoms with Gasteiger partial charge in [0.1, 0.15) is 11.7 Å². The van der Waals surface area contributed by atoms with Gasteiger partial charge in [-0.15, -0.1) is 0 Å². The van der Waals surface area contributed by atoms with Gasteiger partial charge >= 0.3 is 5.97 Å². The number of nitrogens with zero attached hydrogens (tertiary/aromatic N) is 2. The highest BCUT2D eigenvalue weighted by Crippen LogP contribution is 2.25. The molecule has 1 aromatic heterocycles. The molecule has 14 heavy (non-hydrogen) atoms. The molecular formula is C7H7BrCl2N2O2. The highest BCUT2D eigenvalue weighted by molar-refractivity contribution is 9.10. The van der Waals surface area contributed by atoms with Crippen LogP contribution >= 0.6 is 39.1 Å². The molecule has 1 rings (SSSR count). The van der Waals surface area contributed by atoms with Crippen molar-refractivity contribution >= 4 is 45.1 Å². The van der Waals surface area contributed by atoms with Gasteiger partial charge in [0, 0.05) is 0 Å². The van der Waals surface area contributed by atoms with Crippen molar-refractivity contribution in [2.24, 2.45) is 0 Å². The Hall–Kier alpha value is -0.260. The molecule has 0 saturated carbocycles. The highest BCUT2D eigenvalue weighted by Gasteiger charge is 2.15. The number of ether oxygens (including phenoxy) is 1. The van der Waals surface area contributed by atoms with E-state index >= 15 is 0 Å². The number of halogens is 3. The lowest BCUT2D eigenvalue weighted by Gasteiger charge is -2.04. The molecule has 0 saturated heterocycles. The van der Waals surface area contributed by atoms with E-state index in [4.69, 9.17) is 27.9 Å². The SMILES string of the molecule is CCOC(=O)Cn1c(Br)nc(Cl)c1Cl. The van der Waals surface area contributed by atoms with Crippen LogP contribution in [0, 0.1) is 0 Å². The number of hydrogen-bond donors (Lipinski definition) is 0. The minimum absolute atomic E-state index is 0.00697. The molecule has 0 N–H and O–H groups in total. The summed E-state index contributed by atoms with van der Waals surface area (Å²) in [6.07, 6.45) is 0. The van der Waals surface area contributed by atoms with Crippen molar-refractivity contribution in [1.29, 1.82) is 0 Å². The van der Waals surface area contributed by atoms with Crippen LogP contribution in [0.25, 0.3) is 0 Å². The van der Waals surface area contributed by atoms with E-state index in [1.165, 1.54) is 4.57 Å². The van der Waals surface area contributed by atoms with Crippen molar-refractivity contribution in [3.05, 3.63) is 15.0 Å². The average Bonchev–Trinajstić information content (AvgIpc) is 2.33. The summed E-state index contributed by atoms with van der Waals surface area (Å²) in [5.41, 5.74) is 0. The molecule has 0 spiro atoms. The predicted octanol–water partition coefficient (Wildman–Crippen LogP) is 2.52. The Morgan fingerprint density at radius 2 is 2.29 bits per heavy atom. The maximum atomic E-state index is 11.1. The number of imidazole rings is 1. The van der Waals surface area contributed by atoms with E-state index in [0.717, 1.165) is 0 Å². The molecule has 0 aliphatic rings. The molecule has 1 heterocycles. The Morgan fingerprint density at radius 1 is 1.64 bits per heavy atom. The zero-order valence-corrected chi connectivity index (χ0v) is 10.4. The first kappa shape index (κ1) is 11.8. The van der Waals surface area contributed by atoms with Gasteiger partial charge in [0.25, 0.3) is 0 Å². The van der Waals surface area contributed by atoms with Gasteiger partial charge < -0.3 is 4.74 Å². The van der Waals surface area contributed by atoms with Crippen molar-refractivity contribution in [3.8, 4) is 0 Å². The maximum Gasteiger partial charge on any atom is 0.326 e. The van der Waals surface area contributed by atoms with E-state index in [1.807, 2.05) is 0 Å². The van der Waals surface area contributed by atoms with Crippen LogP contribution in [0.4, 0.5) is 0 Å². The standard InChI is InChI=1S/C7H7BrCl2N2O2/c1-2-14-4(13)3-12-6(10)5(9)11-7(12)8/h2-3H2,1H3. The summed E-state index contributed by atoms with van der Waals surface area (Å²) < 4.78 is 6.58. The van der Waals surface area contributed by atoms with E-state index in [0.29, 0.717) is 11.3 Å². The molecule has 0 atom stereocenters. The molecular weight excluding hydrogens is 295 g/mol. The first-order valence-corrected chi connectivity index (χ1v) is 5.33. The molecule has 0 aliphatic heterocycles. The third-order valence-corrected chi connectivity index (χ3v) is 2.76. The largest absolute Gasteiger partial charge is 0.465 e. The van der Waals surface area contributed by atoms with Crippen LogP contribution < -0.4 is 0 Å². The summed E-state index contributed by atoms with van der Waals surface area (Å²) in [5, 5.41) is 0.370. The van der Waals surface area contributed by atoms with Crippen molar-refractivity contribution in [2.75, 3.05) is 6.61 Å². The Balaban J connectivity index is 2.81. The number of carbonyl (C=O) groups is 1. The number of esters is 1. The van der Waals surface area contributed by atoms with Gasteiger partial charge in [-0.2, -0.15) is 0 Å². The van der Waals surface area contributed by atoms with Crippen LogP contribution in [0.1, 0.15) is 6.92 Å². The summed E-state index contributed by atoms with van der Waals surface area (Å²) in [6.45, 7) is 2.05. The van der Waals surface area contributed by atoms with Crippen molar-refractivity contribution < 1.29 is 9.53 Å². The van der Waals surface area contributed by atoms with Crippen LogP contribution in [0.15, 0.2) is 4.73 Å². The number of hydrogen-bond acceptors (Lipinski definition) is 3. The van der Waals surface area contributed by atoms with E-state index < -0.39 is 0 Å². The lowest BCUT2D eigenvalue weighted by Crippen LogP contribution is -2.13. The second-order valence-corrected chi connectivity index (χ2v) is 3.78. The Morgan fingerprint density at radius 3 is 2.71 bits per heavy atom. The van der Waals surface area contributed by atoms with Crippen LogP contribution in [0.2, 0.25) is 10.3 Å². The predicted molar refractivity (Wildman–Crippen MR) is 56.6 cm³/mol. The summed E-state index contributed by atoms with van der Waals surface area (Å²) in [6, 6.07) is 0. The first-order valence-electron chi connectivity index (χ1n) is 3.79.